The highest BCUT2D eigenvalue weighted by molar-refractivity contribution is 5.90. The van der Waals surface area contributed by atoms with Crippen LogP contribution in [-0.4, -0.2) is 127 Å². The number of aromatic hydroxyl groups is 2. The minimum Gasteiger partial charge on any atom is -0.507 e. The van der Waals surface area contributed by atoms with Crippen LogP contribution in [0.4, 0.5) is 0 Å². The van der Waals surface area contributed by atoms with Gasteiger partial charge in [-0.2, -0.15) is 0 Å². The van der Waals surface area contributed by atoms with Gasteiger partial charge in [0.2, 0.25) is 6.29 Å². The number of aliphatic hydroxyl groups excluding tert-OH is 8. The van der Waals surface area contributed by atoms with Crippen molar-refractivity contribution in [3.05, 3.63) is 46.1 Å². The molecule has 0 unspecified atom stereocenters. The summed E-state index contributed by atoms with van der Waals surface area (Å²) >= 11 is 0. The predicted molar refractivity (Wildman–Crippen MR) is 145 cm³/mol. The second-order valence-electron chi connectivity index (χ2n) is 10.4. The third-order valence-corrected chi connectivity index (χ3v) is 7.71. The molecule has 3 aromatic rings. The largest absolute Gasteiger partial charge is 0.507 e. The lowest BCUT2D eigenvalue weighted by Gasteiger charge is -2.42. The van der Waals surface area contributed by atoms with Crippen LogP contribution in [0.15, 0.2) is 39.5 Å². The smallest absolute Gasteiger partial charge is 0.229 e. The normalized spacial score (nSPS) is 32.5. The topological polar surface area (TPSA) is 269 Å². The number of hydrogen-bond donors (Lipinski definition) is 10. The minimum absolute atomic E-state index is 0.0296. The second kappa shape index (κ2) is 12.4. The Balaban J connectivity index is 1.74. The van der Waals surface area contributed by atoms with Crippen LogP contribution >= 0.6 is 0 Å². The maximum atomic E-state index is 13.4. The van der Waals surface area contributed by atoms with E-state index in [1.165, 1.54) is 25.3 Å². The first-order valence-corrected chi connectivity index (χ1v) is 13.4. The molecule has 240 valence electrons. The lowest BCUT2D eigenvalue weighted by molar-refractivity contribution is -0.278. The lowest BCUT2D eigenvalue weighted by Crippen LogP contribution is -2.60. The van der Waals surface area contributed by atoms with Crippen molar-refractivity contribution in [1.82, 2.24) is 0 Å². The zero-order valence-electron chi connectivity index (χ0n) is 23.0. The first-order chi connectivity index (χ1) is 20.9. The zero-order valence-corrected chi connectivity index (χ0v) is 23.0. The summed E-state index contributed by atoms with van der Waals surface area (Å²) in [5.74, 6) is -1.50. The number of fused-ring (bicyclic) bond motifs is 1. The Morgan fingerprint density at radius 1 is 0.750 bits per heavy atom. The molecule has 3 heterocycles. The highest BCUT2D eigenvalue weighted by atomic mass is 16.7. The summed E-state index contributed by atoms with van der Waals surface area (Å²) < 4.78 is 28.1. The molecule has 16 heteroatoms. The molecule has 2 aliphatic rings. The maximum absolute atomic E-state index is 13.4. The fourth-order valence-corrected chi connectivity index (χ4v) is 5.28. The van der Waals surface area contributed by atoms with E-state index in [1.807, 2.05) is 0 Å². The van der Waals surface area contributed by atoms with Gasteiger partial charge in [-0.15, -0.1) is 0 Å². The van der Waals surface area contributed by atoms with Crippen molar-refractivity contribution in [2.24, 2.45) is 0 Å². The van der Waals surface area contributed by atoms with E-state index in [0.717, 1.165) is 12.1 Å². The number of phenols is 2. The summed E-state index contributed by atoms with van der Waals surface area (Å²) in [6, 6.07) is 5.93. The molecule has 2 fully saturated rings. The molecule has 5 rings (SSSR count). The third kappa shape index (κ3) is 5.45. The maximum Gasteiger partial charge on any atom is 0.229 e. The van der Waals surface area contributed by atoms with E-state index in [-0.39, 0.29) is 28.4 Å². The Bertz CT molecular complexity index is 1550. The number of benzene rings is 2. The summed E-state index contributed by atoms with van der Waals surface area (Å²) in [7, 11) is 1.30. The molecule has 44 heavy (non-hydrogen) atoms. The molecule has 0 bridgehead atoms. The summed E-state index contributed by atoms with van der Waals surface area (Å²) in [4.78, 5) is 13.4. The third-order valence-electron chi connectivity index (χ3n) is 7.71. The van der Waals surface area contributed by atoms with Crippen molar-refractivity contribution < 1.29 is 74.4 Å². The highest BCUT2D eigenvalue weighted by Gasteiger charge is 2.48. The van der Waals surface area contributed by atoms with Crippen molar-refractivity contribution in [3.63, 3.8) is 0 Å². The van der Waals surface area contributed by atoms with Crippen molar-refractivity contribution >= 4 is 11.0 Å². The Morgan fingerprint density at radius 3 is 2.02 bits per heavy atom. The van der Waals surface area contributed by atoms with Gasteiger partial charge in [0.1, 0.15) is 77.6 Å². The van der Waals surface area contributed by atoms with E-state index < -0.39 is 102 Å². The zero-order chi connectivity index (χ0) is 32.0. The van der Waals surface area contributed by atoms with Gasteiger partial charge in [0.15, 0.2) is 22.5 Å². The van der Waals surface area contributed by atoms with Crippen LogP contribution in [0.25, 0.3) is 22.3 Å². The molecule has 0 spiro atoms. The molecule has 2 saturated heterocycles. The number of phenolic OH excluding ortho intramolecular Hbond substituents is 2. The molecule has 2 aromatic carbocycles. The average molecular weight is 625 g/mol. The van der Waals surface area contributed by atoms with Crippen molar-refractivity contribution in [1.29, 1.82) is 0 Å². The van der Waals surface area contributed by atoms with Gasteiger partial charge in [-0.3, -0.25) is 4.79 Å². The fraction of sp³-hybridized carbons (Fsp3) is 0.464. The number of aliphatic hydroxyl groups is 8. The van der Waals surface area contributed by atoms with Crippen molar-refractivity contribution in [2.75, 3.05) is 20.3 Å². The minimum atomic E-state index is -1.94. The van der Waals surface area contributed by atoms with Gasteiger partial charge in [0.25, 0.3) is 0 Å². The van der Waals surface area contributed by atoms with Crippen molar-refractivity contribution in [3.8, 4) is 34.3 Å². The highest BCUT2D eigenvalue weighted by Crippen LogP contribution is 2.45. The quantitative estimate of drug-likeness (QED) is 0.131. The monoisotopic (exact) mass is 624 g/mol. The van der Waals surface area contributed by atoms with Gasteiger partial charge in [-0.1, -0.05) is 0 Å². The molecular weight excluding hydrogens is 592 g/mol. The second-order valence-corrected chi connectivity index (χ2v) is 10.4. The SMILES string of the molecule is COc1cc(-c2cc(=O)c3c(O)cc(O[C@@H]4O[C@H](CO)[C@@H](O)[C@H](O)[C@H]4O)c([C@H]4O[C@@H](CO)[C@@H](O)[C@H](O)[C@H]4O)c3o2)ccc1O. The van der Waals surface area contributed by atoms with Gasteiger partial charge in [0.05, 0.1) is 25.9 Å². The van der Waals surface area contributed by atoms with E-state index >= 15 is 0 Å². The van der Waals surface area contributed by atoms with Crippen LogP contribution in [0.2, 0.25) is 0 Å². The number of rotatable bonds is 7. The van der Waals surface area contributed by atoms with Crippen LogP contribution in [-0.2, 0) is 9.47 Å². The number of methoxy groups -OCH3 is 1. The Hall–Kier alpha value is -3.55. The van der Waals surface area contributed by atoms with Gasteiger partial charge in [0, 0.05) is 17.7 Å². The summed E-state index contributed by atoms with van der Waals surface area (Å²) in [6.45, 7) is -1.61. The van der Waals surface area contributed by atoms with Gasteiger partial charge < -0.3 is 74.4 Å². The van der Waals surface area contributed by atoms with E-state index in [2.05, 4.69) is 0 Å². The van der Waals surface area contributed by atoms with Crippen LogP contribution < -0.4 is 14.9 Å². The average Bonchev–Trinajstić information content (AvgIpc) is 3.00. The molecule has 2 aliphatic heterocycles. The Morgan fingerprint density at radius 2 is 1.39 bits per heavy atom. The lowest BCUT2D eigenvalue weighted by atomic mass is 9.89. The van der Waals surface area contributed by atoms with Crippen LogP contribution in [0.1, 0.15) is 11.7 Å². The molecule has 0 amide bonds. The van der Waals surface area contributed by atoms with Gasteiger partial charge in [-0.05, 0) is 18.2 Å². The molecule has 1 aromatic heterocycles. The first kappa shape index (κ1) is 31.9. The molecule has 0 aliphatic carbocycles. The van der Waals surface area contributed by atoms with E-state index in [0.29, 0.717) is 0 Å². The standard InChI is InChI=1S/C28H32O16/c1-40-14-4-9(2-3-10(14)31)13-5-11(32)18-12(33)6-15(43-28-25(39)23(37)21(35)17(8-30)44-28)19(26(18)41-13)27-24(38)22(36)20(34)16(7-29)42-27/h2-6,16-17,20-25,27-31,33-39H,7-8H2,1H3/t16-,17+,20+,21+,22-,23-,24+,25+,27+,28+/m0/s1. The molecular formula is C28H32O16. The van der Waals surface area contributed by atoms with Crippen LogP contribution in [0.3, 0.4) is 0 Å². The van der Waals surface area contributed by atoms with Crippen LogP contribution in [0.5, 0.6) is 23.0 Å². The predicted octanol–water partition coefficient (Wildman–Crippen LogP) is -2.43. The Labute approximate surface area is 247 Å². The molecule has 10 N–H and O–H groups in total. The Kier molecular flexibility index (Phi) is 9.01. The summed E-state index contributed by atoms with van der Waals surface area (Å²) in [6.07, 6.45) is -17.5. The molecule has 10 atom stereocenters. The van der Waals surface area contributed by atoms with Crippen LogP contribution in [0, 0.1) is 0 Å². The van der Waals surface area contributed by atoms with Gasteiger partial charge in [-0.25, -0.2) is 0 Å². The summed E-state index contributed by atoms with van der Waals surface area (Å²) in [5, 5.41) is 103. The fourth-order valence-electron chi connectivity index (χ4n) is 5.28. The number of hydrogen-bond acceptors (Lipinski definition) is 16. The van der Waals surface area contributed by atoms with E-state index in [4.69, 9.17) is 23.4 Å². The van der Waals surface area contributed by atoms with Crippen molar-refractivity contribution in [2.45, 2.75) is 61.2 Å². The molecule has 16 nitrogen and oxygen atoms in total. The summed E-state index contributed by atoms with van der Waals surface area (Å²) in [5.41, 5.74) is -1.38. The van der Waals surface area contributed by atoms with Gasteiger partial charge >= 0.3 is 0 Å². The van der Waals surface area contributed by atoms with E-state index in [9.17, 15) is 55.9 Å². The molecule has 0 radical (unpaired) electrons. The first-order valence-electron chi connectivity index (χ1n) is 13.4. The number of ether oxygens (including phenoxy) is 4. The molecule has 0 saturated carbocycles. The van der Waals surface area contributed by atoms with E-state index in [1.54, 1.807) is 0 Å².